The summed E-state index contributed by atoms with van der Waals surface area (Å²) in [6.07, 6.45) is -4.46. The topological polar surface area (TPSA) is 38.3 Å². The molecule has 4 rings (SSSR count). The molecule has 0 saturated carbocycles. The van der Waals surface area contributed by atoms with Gasteiger partial charge < -0.3 is 10.1 Å². The van der Waals surface area contributed by atoms with Crippen molar-refractivity contribution in [3.8, 4) is 0 Å². The standard InChI is InChI=1S/C27H25ClF3NO2/c1-26(32-25(33)14-18-6-3-2-4-7-18)16-23(19-10-12-22(28)13-11-19)34-24(17-26)20-8-5-9-21(15-20)27(29,30)31/h2-13,15,23-24H,14,16-17H2,1H3,(H,32,33)/t23-,24+,26-/m0/s1. The second kappa shape index (κ2) is 9.80. The molecule has 178 valence electrons. The Morgan fingerprint density at radius 3 is 2.26 bits per heavy atom. The smallest absolute Gasteiger partial charge is 0.365 e. The molecule has 1 aliphatic heterocycles. The summed E-state index contributed by atoms with van der Waals surface area (Å²) in [5, 5.41) is 3.71. The molecule has 3 aromatic rings. The van der Waals surface area contributed by atoms with Crippen molar-refractivity contribution in [2.45, 2.75) is 50.1 Å². The second-order valence-corrected chi connectivity index (χ2v) is 9.40. The number of rotatable bonds is 5. The molecular weight excluding hydrogens is 463 g/mol. The minimum absolute atomic E-state index is 0.145. The third-order valence-electron chi connectivity index (χ3n) is 6.08. The zero-order chi connectivity index (χ0) is 24.3. The van der Waals surface area contributed by atoms with Crippen LogP contribution >= 0.6 is 11.6 Å². The molecule has 0 spiro atoms. The minimum atomic E-state index is -4.45. The molecule has 7 heteroatoms. The van der Waals surface area contributed by atoms with Crippen molar-refractivity contribution in [2.24, 2.45) is 0 Å². The summed E-state index contributed by atoms with van der Waals surface area (Å²) in [7, 11) is 0. The maximum atomic E-state index is 13.3. The molecule has 1 N–H and O–H groups in total. The van der Waals surface area contributed by atoms with E-state index in [1.54, 1.807) is 18.2 Å². The van der Waals surface area contributed by atoms with Crippen LogP contribution in [0.2, 0.25) is 5.02 Å². The van der Waals surface area contributed by atoms with Crippen molar-refractivity contribution in [1.82, 2.24) is 5.32 Å². The first-order valence-corrected chi connectivity index (χ1v) is 11.4. The van der Waals surface area contributed by atoms with Crippen molar-refractivity contribution < 1.29 is 22.7 Å². The normalized spacial score (nSPS) is 22.9. The Labute approximate surface area is 201 Å². The molecule has 0 aromatic heterocycles. The monoisotopic (exact) mass is 487 g/mol. The average molecular weight is 488 g/mol. The molecule has 3 nitrogen and oxygen atoms in total. The highest BCUT2D eigenvalue weighted by atomic mass is 35.5. The summed E-state index contributed by atoms with van der Waals surface area (Å²) >= 11 is 6.03. The number of halogens is 4. The van der Waals surface area contributed by atoms with Gasteiger partial charge in [0.15, 0.2) is 0 Å². The van der Waals surface area contributed by atoms with Gasteiger partial charge in [0.25, 0.3) is 0 Å². The molecule has 0 unspecified atom stereocenters. The third kappa shape index (κ3) is 5.99. The number of ether oxygens (including phenoxy) is 1. The van der Waals surface area contributed by atoms with Crippen molar-refractivity contribution in [2.75, 3.05) is 0 Å². The zero-order valence-electron chi connectivity index (χ0n) is 18.6. The molecule has 1 heterocycles. The van der Waals surface area contributed by atoms with Gasteiger partial charge in [-0.05, 0) is 47.9 Å². The Morgan fingerprint density at radius 1 is 0.971 bits per heavy atom. The maximum Gasteiger partial charge on any atom is 0.416 e. The van der Waals surface area contributed by atoms with Crippen LogP contribution in [0.15, 0.2) is 78.9 Å². The summed E-state index contributed by atoms with van der Waals surface area (Å²) in [6, 6.07) is 21.8. The molecule has 0 radical (unpaired) electrons. The number of carbonyl (C=O) groups is 1. The molecule has 1 saturated heterocycles. The molecule has 1 amide bonds. The molecule has 0 bridgehead atoms. The van der Waals surface area contributed by atoms with Gasteiger partial charge in [-0.2, -0.15) is 13.2 Å². The number of amides is 1. The lowest BCUT2D eigenvalue weighted by Crippen LogP contribution is -2.51. The fourth-order valence-corrected chi connectivity index (χ4v) is 4.57. The first-order chi connectivity index (χ1) is 16.1. The number of hydrogen-bond acceptors (Lipinski definition) is 2. The SMILES string of the molecule is C[C@]1(NC(=O)Cc2ccccc2)C[C@@H](c2ccc(Cl)cc2)O[C@@H](c2cccc(C(F)(F)F)c2)C1. The van der Waals surface area contributed by atoms with Gasteiger partial charge in [0, 0.05) is 23.4 Å². The predicted octanol–water partition coefficient (Wildman–Crippen LogP) is 7.07. The van der Waals surface area contributed by atoms with Crippen LogP contribution in [-0.4, -0.2) is 11.4 Å². The van der Waals surface area contributed by atoms with Crippen molar-refractivity contribution in [3.63, 3.8) is 0 Å². The largest absolute Gasteiger partial charge is 0.416 e. The Kier molecular flexibility index (Phi) is 7.01. The highest BCUT2D eigenvalue weighted by molar-refractivity contribution is 6.30. The Balaban J connectivity index is 1.61. The van der Waals surface area contributed by atoms with Crippen LogP contribution in [-0.2, 0) is 22.1 Å². The van der Waals surface area contributed by atoms with Crippen LogP contribution in [0.1, 0.15) is 54.2 Å². The van der Waals surface area contributed by atoms with Gasteiger partial charge >= 0.3 is 6.18 Å². The molecule has 3 aromatic carbocycles. The van der Waals surface area contributed by atoms with Gasteiger partial charge in [-0.25, -0.2) is 0 Å². The van der Waals surface area contributed by atoms with E-state index in [4.69, 9.17) is 16.3 Å². The van der Waals surface area contributed by atoms with E-state index in [0.717, 1.165) is 23.3 Å². The maximum absolute atomic E-state index is 13.3. The summed E-state index contributed by atoms with van der Waals surface area (Å²) in [5.74, 6) is -0.145. The van der Waals surface area contributed by atoms with Gasteiger partial charge in [0.1, 0.15) is 0 Å². The number of alkyl halides is 3. The molecule has 0 aliphatic carbocycles. The summed E-state index contributed by atoms with van der Waals surface area (Å²) < 4.78 is 46.3. The van der Waals surface area contributed by atoms with Crippen LogP contribution in [0.3, 0.4) is 0 Å². The lowest BCUT2D eigenvalue weighted by Gasteiger charge is -2.43. The fourth-order valence-electron chi connectivity index (χ4n) is 4.45. The minimum Gasteiger partial charge on any atom is -0.365 e. The predicted molar refractivity (Wildman–Crippen MR) is 125 cm³/mol. The molecule has 1 fully saturated rings. The molecule has 34 heavy (non-hydrogen) atoms. The van der Waals surface area contributed by atoms with E-state index in [0.29, 0.717) is 23.4 Å². The van der Waals surface area contributed by atoms with Crippen LogP contribution in [0, 0.1) is 0 Å². The Morgan fingerprint density at radius 2 is 1.62 bits per heavy atom. The number of hydrogen-bond donors (Lipinski definition) is 1. The summed E-state index contributed by atoms with van der Waals surface area (Å²) in [5.41, 5.74) is 0.755. The van der Waals surface area contributed by atoms with Gasteiger partial charge in [0.05, 0.1) is 24.2 Å². The van der Waals surface area contributed by atoms with Crippen LogP contribution in [0.25, 0.3) is 0 Å². The van der Waals surface area contributed by atoms with E-state index in [1.807, 2.05) is 49.4 Å². The van der Waals surface area contributed by atoms with Crippen LogP contribution < -0.4 is 5.32 Å². The van der Waals surface area contributed by atoms with E-state index in [9.17, 15) is 18.0 Å². The Bertz CT molecular complexity index is 1130. The summed E-state index contributed by atoms with van der Waals surface area (Å²) in [4.78, 5) is 12.9. The third-order valence-corrected chi connectivity index (χ3v) is 6.33. The second-order valence-electron chi connectivity index (χ2n) is 8.97. The van der Waals surface area contributed by atoms with Gasteiger partial charge in [-0.3, -0.25) is 4.79 Å². The Hall–Kier alpha value is -2.83. The zero-order valence-corrected chi connectivity index (χ0v) is 19.4. The van der Waals surface area contributed by atoms with E-state index in [-0.39, 0.29) is 12.3 Å². The lowest BCUT2D eigenvalue weighted by atomic mass is 9.81. The van der Waals surface area contributed by atoms with Crippen molar-refractivity contribution >= 4 is 17.5 Å². The molecule has 1 aliphatic rings. The first-order valence-electron chi connectivity index (χ1n) is 11.0. The van der Waals surface area contributed by atoms with E-state index in [1.165, 1.54) is 6.07 Å². The lowest BCUT2D eigenvalue weighted by molar-refractivity contribution is -0.137. The molecular formula is C27H25ClF3NO2. The van der Waals surface area contributed by atoms with E-state index in [2.05, 4.69) is 5.32 Å². The first kappa shape index (κ1) is 24.3. The fraction of sp³-hybridized carbons (Fsp3) is 0.296. The highest BCUT2D eigenvalue weighted by Crippen LogP contribution is 2.44. The van der Waals surface area contributed by atoms with Gasteiger partial charge in [-0.1, -0.05) is 66.2 Å². The van der Waals surface area contributed by atoms with Crippen molar-refractivity contribution in [3.05, 3.63) is 106 Å². The van der Waals surface area contributed by atoms with E-state index >= 15 is 0 Å². The summed E-state index contributed by atoms with van der Waals surface area (Å²) in [6.45, 7) is 1.92. The van der Waals surface area contributed by atoms with E-state index < -0.39 is 29.5 Å². The van der Waals surface area contributed by atoms with Crippen LogP contribution in [0.5, 0.6) is 0 Å². The quantitative estimate of drug-likeness (QED) is 0.418. The number of benzene rings is 3. The van der Waals surface area contributed by atoms with Crippen LogP contribution in [0.4, 0.5) is 13.2 Å². The number of nitrogens with one attached hydrogen (secondary N) is 1. The average Bonchev–Trinajstić information content (AvgIpc) is 2.79. The van der Waals surface area contributed by atoms with Crippen molar-refractivity contribution in [1.29, 1.82) is 0 Å². The van der Waals surface area contributed by atoms with Gasteiger partial charge in [0.2, 0.25) is 5.91 Å². The molecule has 3 atom stereocenters. The number of carbonyl (C=O) groups excluding carboxylic acids is 1. The highest BCUT2D eigenvalue weighted by Gasteiger charge is 2.41. The van der Waals surface area contributed by atoms with Gasteiger partial charge in [-0.15, -0.1) is 0 Å².